The van der Waals surface area contributed by atoms with E-state index in [1.165, 1.54) is 38.1 Å². The van der Waals surface area contributed by atoms with Crippen LogP contribution in [-0.2, 0) is 11.3 Å². The zero-order chi connectivity index (χ0) is 27.5. The number of nitro benzene ring substituents is 1. The summed E-state index contributed by atoms with van der Waals surface area (Å²) >= 11 is 1.26. The Morgan fingerprint density at radius 3 is 2.54 bits per heavy atom. The van der Waals surface area contributed by atoms with Crippen molar-refractivity contribution in [3.63, 3.8) is 0 Å². The second-order valence-corrected chi connectivity index (χ2v) is 9.58. The summed E-state index contributed by atoms with van der Waals surface area (Å²) < 4.78 is 17.8. The van der Waals surface area contributed by atoms with Crippen LogP contribution in [0.4, 0.5) is 5.69 Å². The highest BCUT2D eigenvalue weighted by Gasteiger charge is 2.24. The van der Waals surface area contributed by atoms with Gasteiger partial charge in [-0.05, 0) is 36.8 Å². The van der Waals surface area contributed by atoms with E-state index in [0.717, 1.165) is 0 Å². The van der Waals surface area contributed by atoms with E-state index in [-0.39, 0.29) is 18.1 Å². The molecule has 0 bridgehead atoms. The highest BCUT2D eigenvalue weighted by molar-refractivity contribution is 8.00. The van der Waals surface area contributed by atoms with Crippen molar-refractivity contribution in [3.05, 3.63) is 70.7 Å². The highest BCUT2D eigenvalue weighted by atomic mass is 32.2. The van der Waals surface area contributed by atoms with Crippen LogP contribution < -0.4 is 14.8 Å². The van der Waals surface area contributed by atoms with E-state index in [1.54, 1.807) is 47.2 Å². The van der Waals surface area contributed by atoms with Crippen molar-refractivity contribution in [3.8, 4) is 22.9 Å². The van der Waals surface area contributed by atoms with E-state index >= 15 is 0 Å². The summed E-state index contributed by atoms with van der Waals surface area (Å²) in [5.41, 5.74) is 1.63. The van der Waals surface area contributed by atoms with Crippen LogP contribution in [0.2, 0.25) is 0 Å². The smallest absolute Gasteiger partial charge is 0.269 e. The summed E-state index contributed by atoms with van der Waals surface area (Å²) in [5.74, 6) is 1.83. The van der Waals surface area contributed by atoms with Crippen molar-refractivity contribution < 1.29 is 23.6 Å². The maximum atomic E-state index is 13.0. The van der Waals surface area contributed by atoms with Gasteiger partial charge in [-0.3, -0.25) is 14.9 Å². The quantitative estimate of drug-likeness (QED) is 0.113. The van der Waals surface area contributed by atoms with E-state index in [1.807, 2.05) is 6.92 Å². The van der Waals surface area contributed by atoms with Crippen molar-refractivity contribution in [2.45, 2.75) is 30.3 Å². The molecule has 0 saturated heterocycles. The zero-order valence-electron chi connectivity index (χ0n) is 21.3. The lowest BCUT2D eigenvalue weighted by molar-refractivity contribution is -0.384. The van der Waals surface area contributed by atoms with E-state index in [0.29, 0.717) is 56.8 Å². The summed E-state index contributed by atoms with van der Waals surface area (Å²) in [6.07, 6.45) is 2.09. The Labute approximate surface area is 226 Å². The first-order valence-electron chi connectivity index (χ1n) is 12.0. The van der Waals surface area contributed by atoms with E-state index < -0.39 is 10.2 Å². The van der Waals surface area contributed by atoms with Gasteiger partial charge >= 0.3 is 0 Å². The molecule has 1 atom stereocenters. The van der Waals surface area contributed by atoms with Gasteiger partial charge in [-0.25, -0.2) is 9.97 Å². The number of aromatic nitrogens is 4. The Kier molecular flexibility index (Phi) is 7.32. The van der Waals surface area contributed by atoms with Crippen molar-refractivity contribution in [1.29, 1.82) is 0 Å². The standard InChI is InChI=1S/C26H24N6O6S/c1-4-22(25(33)27-14-17-6-5-11-38-17)39-26-28-19-13-21(37-3)20(36-2)12-18(19)24-29-23(30-31(24)26)15-7-9-16(10-8-15)32(34)35/h5-13,22H,4,14H2,1-3H3,(H,27,33). The predicted octanol–water partition coefficient (Wildman–Crippen LogP) is 4.65. The molecule has 5 rings (SSSR count). The Morgan fingerprint density at radius 1 is 1.15 bits per heavy atom. The molecule has 2 aromatic carbocycles. The molecule has 13 heteroatoms. The summed E-state index contributed by atoms with van der Waals surface area (Å²) in [6.45, 7) is 2.19. The molecule has 200 valence electrons. The third-order valence-electron chi connectivity index (χ3n) is 6.01. The number of hydrogen-bond acceptors (Lipinski definition) is 10. The van der Waals surface area contributed by atoms with Gasteiger partial charge in [0, 0.05) is 29.1 Å². The number of ether oxygens (including phenoxy) is 2. The van der Waals surface area contributed by atoms with Crippen LogP contribution in [0.15, 0.2) is 64.4 Å². The molecule has 0 radical (unpaired) electrons. The molecule has 5 aromatic rings. The SMILES string of the molecule is CCC(Sc1nc2cc(OC)c(OC)cc2c2nc(-c3ccc([N+](=O)[O-])cc3)nn12)C(=O)NCc1ccco1. The zero-order valence-corrected chi connectivity index (χ0v) is 22.1. The fourth-order valence-electron chi connectivity index (χ4n) is 3.99. The Bertz CT molecular complexity index is 1650. The third kappa shape index (κ3) is 5.21. The lowest BCUT2D eigenvalue weighted by Crippen LogP contribution is -2.32. The van der Waals surface area contributed by atoms with Crippen LogP contribution in [0.25, 0.3) is 27.9 Å². The molecular weight excluding hydrogens is 524 g/mol. The average Bonchev–Trinajstić information content (AvgIpc) is 3.64. The fourth-order valence-corrected chi connectivity index (χ4v) is 4.98. The molecule has 0 spiro atoms. The van der Waals surface area contributed by atoms with Crippen molar-refractivity contribution in [1.82, 2.24) is 24.9 Å². The van der Waals surface area contributed by atoms with Gasteiger partial charge in [0.1, 0.15) is 5.76 Å². The fraction of sp³-hybridized carbons (Fsp3) is 0.231. The molecule has 0 aliphatic rings. The number of methoxy groups -OCH3 is 2. The van der Waals surface area contributed by atoms with Crippen LogP contribution in [0.3, 0.4) is 0 Å². The number of thioether (sulfide) groups is 1. The number of non-ortho nitro benzene ring substituents is 1. The van der Waals surface area contributed by atoms with Crippen LogP contribution in [0.5, 0.6) is 11.5 Å². The van der Waals surface area contributed by atoms with Gasteiger partial charge in [-0.2, -0.15) is 4.52 Å². The molecule has 0 saturated carbocycles. The van der Waals surface area contributed by atoms with Gasteiger partial charge in [0.15, 0.2) is 28.1 Å². The van der Waals surface area contributed by atoms with Gasteiger partial charge in [-0.1, -0.05) is 18.7 Å². The first kappa shape index (κ1) is 26.0. The Morgan fingerprint density at radius 2 is 1.90 bits per heavy atom. The number of amides is 1. The minimum atomic E-state index is -0.472. The summed E-state index contributed by atoms with van der Waals surface area (Å²) in [5, 5.41) is 19.3. The molecule has 1 N–H and O–H groups in total. The average molecular weight is 549 g/mol. The molecule has 3 heterocycles. The highest BCUT2D eigenvalue weighted by Crippen LogP contribution is 2.36. The van der Waals surface area contributed by atoms with E-state index in [2.05, 4.69) is 10.4 Å². The predicted molar refractivity (Wildman–Crippen MR) is 144 cm³/mol. The molecule has 0 aliphatic heterocycles. The van der Waals surface area contributed by atoms with Crippen molar-refractivity contribution in [2.75, 3.05) is 14.2 Å². The van der Waals surface area contributed by atoms with Crippen LogP contribution in [0, 0.1) is 10.1 Å². The lowest BCUT2D eigenvalue weighted by Gasteiger charge is -2.15. The number of nitro groups is 1. The molecule has 0 fully saturated rings. The Hall–Kier alpha value is -4.65. The number of hydrogen-bond donors (Lipinski definition) is 1. The molecule has 1 amide bonds. The number of fused-ring (bicyclic) bond motifs is 3. The topological polar surface area (TPSA) is 147 Å². The third-order valence-corrected chi connectivity index (χ3v) is 7.32. The Balaban J connectivity index is 1.59. The van der Waals surface area contributed by atoms with Crippen LogP contribution in [0.1, 0.15) is 19.1 Å². The molecular formula is C26H24N6O6S. The first-order valence-corrected chi connectivity index (χ1v) is 12.8. The van der Waals surface area contributed by atoms with Gasteiger partial charge in [0.05, 0.1) is 42.7 Å². The van der Waals surface area contributed by atoms with E-state index in [4.69, 9.17) is 23.9 Å². The minimum Gasteiger partial charge on any atom is -0.493 e. The van der Waals surface area contributed by atoms with Crippen LogP contribution >= 0.6 is 11.8 Å². The van der Waals surface area contributed by atoms with Crippen molar-refractivity contribution in [2.24, 2.45) is 0 Å². The number of nitrogens with one attached hydrogen (secondary N) is 1. The second-order valence-electron chi connectivity index (χ2n) is 8.41. The summed E-state index contributed by atoms with van der Waals surface area (Å²) in [6, 6.07) is 13.1. The van der Waals surface area contributed by atoms with E-state index in [9.17, 15) is 14.9 Å². The summed E-state index contributed by atoms with van der Waals surface area (Å²) in [7, 11) is 3.08. The van der Waals surface area contributed by atoms with Crippen molar-refractivity contribution >= 4 is 39.9 Å². The normalized spacial score (nSPS) is 12.0. The summed E-state index contributed by atoms with van der Waals surface area (Å²) in [4.78, 5) is 33.2. The number of carbonyl (C=O) groups is 1. The monoisotopic (exact) mass is 548 g/mol. The second kappa shape index (κ2) is 11.0. The van der Waals surface area contributed by atoms with Gasteiger partial charge in [0.25, 0.3) is 5.69 Å². The molecule has 39 heavy (non-hydrogen) atoms. The van der Waals surface area contributed by atoms with Gasteiger partial charge in [0.2, 0.25) is 5.91 Å². The maximum Gasteiger partial charge on any atom is 0.269 e. The number of furan rings is 1. The lowest BCUT2D eigenvalue weighted by atomic mass is 10.2. The first-order chi connectivity index (χ1) is 18.9. The van der Waals surface area contributed by atoms with Crippen LogP contribution in [-0.4, -0.2) is 49.9 Å². The maximum absolute atomic E-state index is 13.0. The number of benzene rings is 2. The molecule has 0 aliphatic carbocycles. The molecule has 1 unspecified atom stereocenters. The van der Waals surface area contributed by atoms with Gasteiger partial charge in [-0.15, -0.1) is 5.10 Å². The number of carbonyl (C=O) groups excluding carboxylic acids is 1. The number of nitrogens with zero attached hydrogens (tertiary/aromatic N) is 5. The molecule has 3 aromatic heterocycles. The van der Waals surface area contributed by atoms with Gasteiger partial charge < -0.3 is 19.2 Å². The largest absolute Gasteiger partial charge is 0.493 e. The number of rotatable bonds is 10. The molecule has 12 nitrogen and oxygen atoms in total. The minimum absolute atomic E-state index is 0.0333.